The molecule has 19 heavy (non-hydrogen) atoms. The van der Waals surface area contributed by atoms with Gasteiger partial charge in [0.05, 0.1) is 11.5 Å². The molecule has 0 spiro atoms. The lowest BCUT2D eigenvalue weighted by Gasteiger charge is -2.43. The molecule has 0 radical (unpaired) electrons. The van der Waals surface area contributed by atoms with Crippen molar-refractivity contribution < 1.29 is 14.7 Å². The zero-order valence-electron chi connectivity index (χ0n) is 11.1. The fourth-order valence-corrected chi connectivity index (χ4v) is 3.12. The number of carbonyl (C=O) groups excluding carboxylic acids is 1. The molecule has 2 rings (SSSR count). The van der Waals surface area contributed by atoms with Gasteiger partial charge in [0, 0.05) is 6.92 Å². The van der Waals surface area contributed by atoms with Crippen LogP contribution >= 0.6 is 0 Å². The highest BCUT2D eigenvalue weighted by molar-refractivity contribution is 5.78. The van der Waals surface area contributed by atoms with Gasteiger partial charge in [0.1, 0.15) is 0 Å². The molecule has 1 aliphatic carbocycles. The lowest BCUT2D eigenvalue weighted by molar-refractivity contribution is -0.147. The first kappa shape index (κ1) is 13.6. The molecule has 0 aromatic heterocycles. The average Bonchev–Trinajstić information content (AvgIpc) is 2.39. The number of hydrogen-bond acceptors (Lipinski definition) is 2. The molecule has 1 amide bonds. The summed E-state index contributed by atoms with van der Waals surface area (Å²) in [4.78, 5) is 23.1. The lowest BCUT2D eigenvalue weighted by Crippen LogP contribution is -2.54. The van der Waals surface area contributed by atoms with Crippen molar-refractivity contribution in [3.05, 3.63) is 35.9 Å². The molecule has 4 heteroatoms. The van der Waals surface area contributed by atoms with E-state index < -0.39 is 17.4 Å². The summed E-state index contributed by atoms with van der Waals surface area (Å²) in [5.74, 6) is -1.58. The van der Waals surface area contributed by atoms with Crippen LogP contribution in [0.15, 0.2) is 30.3 Å². The van der Waals surface area contributed by atoms with Crippen molar-refractivity contribution in [3.8, 4) is 0 Å². The van der Waals surface area contributed by atoms with E-state index in [-0.39, 0.29) is 5.91 Å². The Bertz CT molecular complexity index is 472. The smallest absolute Gasteiger partial charge is 0.309 e. The summed E-state index contributed by atoms with van der Waals surface area (Å²) < 4.78 is 0. The summed E-state index contributed by atoms with van der Waals surface area (Å²) >= 11 is 0. The Kier molecular flexibility index (Phi) is 3.88. The molecule has 0 saturated heterocycles. The molecule has 1 fully saturated rings. The quantitative estimate of drug-likeness (QED) is 0.877. The van der Waals surface area contributed by atoms with E-state index in [0.29, 0.717) is 12.8 Å². The SMILES string of the molecule is CC(=O)N[C@@]1(c2ccccc2)CCCC[C@H]1C(=O)O. The number of amides is 1. The summed E-state index contributed by atoms with van der Waals surface area (Å²) in [6.07, 6.45) is 3.10. The summed E-state index contributed by atoms with van der Waals surface area (Å²) in [7, 11) is 0. The number of carbonyl (C=O) groups is 2. The number of rotatable bonds is 3. The first-order chi connectivity index (χ1) is 9.06. The van der Waals surface area contributed by atoms with Crippen LogP contribution in [0.5, 0.6) is 0 Å². The summed E-state index contributed by atoms with van der Waals surface area (Å²) in [6, 6.07) is 9.46. The monoisotopic (exact) mass is 261 g/mol. The summed E-state index contributed by atoms with van der Waals surface area (Å²) in [6.45, 7) is 1.44. The van der Waals surface area contributed by atoms with Crippen molar-refractivity contribution in [2.75, 3.05) is 0 Å². The van der Waals surface area contributed by atoms with Crippen LogP contribution in [0.1, 0.15) is 38.2 Å². The maximum atomic E-state index is 11.6. The highest BCUT2D eigenvalue weighted by Crippen LogP contribution is 2.41. The molecule has 0 aliphatic heterocycles. The van der Waals surface area contributed by atoms with Crippen molar-refractivity contribution in [2.45, 2.75) is 38.1 Å². The second kappa shape index (κ2) is 5.43. The van der Waals surface area contributed by atoms with Crippen molar-refractivity contribution in [1.29, 1.82) is 0 Å². The van der Waals surface area contributed by atoms with E-state index in [2.05, 4.69) is 5.32 Å². The van der Waals surface area contributed by atoms with E-state index in [1.54, 1.807) is 0 Å². The van der Waals surface area contributed by atoms with Gasteiger partial charge in [0.15, 0.2) is 0 Å². The van der Waals surface area contributed by atoms with Crippen LogP contribution in [-0.2, 0) is 15.1 Å². The van der Waals surface area contributed by atoms with E-state index in [4.69, 9.17) is 0 Å². The maximum absolute atomic E-state index is 11.6. The van der Waals surface area contributed by atoms with E-state index >= 15 is 0 Å². The van der Waals surface area contributed by atoms with Crippen LogP contribution in [0, 0.1) is 5.92 Å². The Balaban J connectivity index is 2.48. The zero-order chi connectivity index (χ0) is 13.9. The van der Waals surface area contributed by atoms with Gasteiger partial charge < -0.3 is 10.4 Å². The second-order valence-electron chi connectivity index (χ2n) is 5.16. The fraction of sp³-hybridized carbons (Fsp3) is 0.467. The molecule has 102 valence electrons. The van der Waals surface area contributed by atoms with Gasteiger partial charge in [0.2, 0.25) is 5.91 Å². The molecule has 0 bridgehead atoms. The van der Waals surface area contributed by atoms with E-state index in [1.165, 1.54) is 6.92 Å². The van der Waals surface area contributed by atoms with Gasteiger partial charge in [-0.3, -0.25) is 9.59 Å². The van der Waals surface area contributed by atoms with E-state index in [9.17, 15) is 14.7 Å². The van der Waals surface area contributed by atoms with Crippen LogP contribution in [0.2, 0.25) is 0 Å². The molecule has 1 aromatic rings. The van der Waals surface area contributed by atoms with Gasteiger partial charge in [-0.15, -0.1) is 0 Å². The summed E-state index contributed by atoms with van der Waals surface area (Å²) in [5, 5.41) is 12.4. The van der Waals surface area contributed by atoms with Gasteiger partial charge >= 0.3 is 5.97 Å². The van der Waals surface area contributed by atoms with Crippen molar-refractivity contribution in [2.24, 2.45) is 5.92 Å². The molecule has 1 aromatic carbocycles. The molecular weight excluding hydrogens is 242 g/mol. The Morgan fingerprint density at radius 1 is 1.26 bits per heavy atom. The third-order valence-corrected chi connectivity index (χ3v) is 3.89. The fourth-order valence-electron chi connectivity index (χ4n) is 3.12. The zero-order valence-corrected chi connectivity index (χ0v) is 11.1. The molecule has 4 nitrogen and oxygen atoms in total. The minimum atomic E-state index is -0.836. The van der Waals surface area contributed by atoms with Gasteiger partial charge in [-0.2, -0.15) is 0 Å². The van der Waals surface area contributed by atoms with E-state index in [1.807, 2.05) is 30.3 Å². The minimum absolute atomic E-state index is 0.183. The third kappa shape index (κ3) is 2.62. The number of hydrogen-bond donors (Lipinski definition) is 2. The molecule has 0 heterocycles. The first-order valence-corrected chi connectivity index (χ1v) is 6.63. The molecule has 2 N–H and O–H groups in total. The van der Waals surface area contributed by atoms with Crippen LogP contribution < -0.4 is 5.32 Å². The van der Waals surface area contributed by atoms with Gasteiger partial charge in [-0.05, 0) is 18.4 Å². The third-order valence-electron chi connectivity index (χ3n) is 3.89. The molecule has 1 saturated carbocycles. The Hall–Kier alpha value is -1.84. The lowest BCUT2D eigenvalue weighted by atomic mass is 9.68. The highest BCUT2D eigenvalue weighted by atomic mass is 16.4. The van der Waals surface area contributed by atoms with Crippen LogP contribution in [0.25, 0.3) is 0 Å². The second-order valence-corrected chi connectivity index (χ2v) is 5.16. The number of aliphatic carboxylic acids is 1. The Labute approximate surface area is 112 Å². The molecule has 0 unspecified atom stereocenters. The molecule has 2 atom stereocenters. The highest BCUT2D eigenvalue weighted by Gasteiger charge is 2.46. The number of nitrogens with one attached hydrogen (secondary N) is 1. The first-order valence-electron chi connectivity index (χ1n) is 6.63. The van der Waals surface area contributed by atoms with E-state index in [0.717, 1.165) is 18.4 Å². The van der Waals surface area contributed by atoms with Crippen molar-refractivity contribution in [1.82, 2.24) is 5.32 Å². The van der Waals surface area contributed by atoms with Gasteiger partial charge in [-0.25, -0.2) is 0 Å². The number of benzene rings is 1. The van der Waals surface area contributed by atoms with Gasteiger partial charge in [0.25, 0.3) is 0 Å². The normalized spacial score (nSPS) is 26.7. The van der Waals surface area contributed by atoms with Crippen molar-refractivity contribution in [3.63, 3.8) is 0 Å². The average molecular weight is 261 g/mol. The van der Waals surface area contributed by atoms with Crippen LogP contribution in [0.4, 0.5) is 0 Å². The Morgan fingerprint density at radius 2 is 1.95 bits per heavy atom. The Morgan fingerprint density at radius 3 is 2.53 bits per heavy atom. The number of carboxylic acid groups (broad SMARTS) is 1. The maximum Gasteiger partial charge on any atom is 0.309 e. The predicted molar refractivity (Wildman–Crippen MR) is 71.5 cm³/mol. The minimum Gasteiger partial charge on any atom is -0.481 e. The summed E-state index contributed by atoms with van der Waals surface area (Å²) in [5.41, 5.74) is 0.120. The van der Waals surface area contributed by atoms with Crippen molar-refractivity contribution >= 4 is 11.9 Å². The topological polar surface area (TPSA) is 66.4 Å². The van der Waals surface area contributed by atoms with Crippen LogP contribution in [-0.4, -0.2) is 17.0 Å². The largest absolute Gasteiger partial charge is 0.481 e. The standard InChI is InChI=1S/C15H19NO3/c1-11(17)16-15(12-7-3-2-4-8-12)10-6-5-9-13(15)14(18)19/h2-4,7-8,13H,5-6,9-10H2,1H3,(H,16,17)(H,18,19)/t13-,15+/m0/s1. The number of carboxylic acids is 1. The van der Waals surface area contributed by atoms with Crippen LogP contribution in [0.3, 0.4) is 0 Å². The van der Waals surface area contributed by atoms with Gasteiger partial charge in [-0.1, -0.05) is 43.2 Å². The molecular formula is C15H19NO3. The predicted octanol–water partition coefficient (Wildman–Crippen LogP) is 2.29. The molecule has 1 aliphatic rings.